The van der Waals surface area contributed by atoms with Crippen LogP contribution in [0.5, 0.6) is 0 Å². The molecule has 4 atom stereocenters. The molecule has 30 heavy (non-hydrogen) atoms. The summed E-state index contributed by atoms with van der Waals surface area (Å²) in [5, 5.41) is 5.30. The van der Waals surface area contributed by atoms with Gasteiger partial charge in [0.1, 0.15) is 18.5 Å². The van der Waals surface area contributed by atoms with Crippen LogP contribution in [0.3, 0.4) is 0 Å². The molecule has 2 heterocycles. The zero-order valence-electron chi connectivity index (χ0n) is 15.6. The summed E-state index contributed by atoms with van der Waals surface area (Å²) >= 11 is 3.37. The predicted octanol–water partition coefficient (Wildman–Crippen LogP) is 2.36. The number of alkyl halides is 1. The van der Waals surface area contributed by atoms with Crippen LogP contribution in [0.15, 0.2) is 39.9 Å². The molecule has 0 aliphatic heterocycles. The lowest BCUT2D eigenvalue weighted by Crippen LogP contribution is -2.32. The molecule has 7 nitrogen and oxygen atoms in total. The number of halogens is 3. The van der Waals surface area contributed by atoms with Crippen molar-refractivity contribution in [2.75, 3.05) is 0 Å². The molecule has 2 aliphatic rings. The third-order valence-electron chi connectivity index (χ3n) is 5.75. The minimum Gasteiger partial charge on any atom is -0.318 e. The molecular formula is C20H16BrF2N5O2. The van der Waals surface area contributed by atoms with Crippen molar-refractivity contribution in [2.24, 2.45) is 11.7 Å². The van der Waals surface area contributed by atoms with Crippen molar-refractivity contribution in [3.8, 4) is 0 Å². The van der Waals surface area contributed by atoms with E-state index in [0.717, 1.165) is 21.5 Å². The van der Waals surface area contributed by atoms with E-state index in [0.29, 0.717) is 29.3 Å². The third kappa shape index (κ3) is 3.14. The van der Waals surface area contributed by atoms with Crippen LogP contribution in [0.2, 0.25) is 0 Å². The van der Waals surface area contributed by atoms with Gasteiger partial charge in [-0.1, -0.05) is 15.9 Å². The summed E-state index contributed by atoms with van der Waals surface area (Å²) in [7, 11) is 0. The van der Waals surface area contributed by atoms with Gasteiger partial charge in [0.05, 0.1) is 29.0 Å². The number of benzene rings is 1. The number of Topliss-reactive ketones (excluding diaryl/α,β-unsaturated/α-hetero) is 1. The zero-order chi connectivity index (χ0) is 21.2. The number of nitrogens with zero attached hydrogens (tertiary/aromatic N) is 4. The highest BCUT2D eigenvalue weighted by Gasteiger charge is 2.58. The van der Waals surface area contributed by atoms with E-state index in [2.05, 4.69) is 31.0 Å². The lowest BCUT2D eigenvalue weighted by molar-refractivity contribution is -0.121. The van der Waals surface area contributed by atoms with Crippen LogP contribution in [-0.2, 0) is 16.9 Å². The van der Waals surface area contributed by atoms with Gasteiger partial charge < -0.3 is 5.73 Å². The van der Waals surface area contributed by atoms with Gasteiger partial charge in [-0.3, -0.25) is 9.59 Å². The normalized spacial score (nSPS) is 27.3. The van der Waals surface area contributed by atoms with Crippen molar-refractivity contribution in [2.45, 2.75) is 37.0 Å². The number of ketones is 1. The molecule has 3 aromatic rings. The Morgan fingerprint density at radius 1 is 1.30 bits per heavy atom. The van der Waals surface area contributed by atoms with Gasteiger partial charge in [0, 0.05) is 21.7 Å². The standard InChI is InChI=1S/C20H16BrF2N5O2/c21-9-1-2-11-12(3-9)17(13-4-15(13)23)27-28(18(11)30)8-16(29)14-5-20(14,24)19-25-6-10(22)7-26-19/h1-3,6-7,13-15H,4-5,8,24H2/t13-,14?,15+,20?/m0/s1. The lowest BCUT2D eigenvalue weighted by atomic mass is 10.1. The molecule has 0 amide bonds. The van der Waals surface area contributed by atoms with Crippen molar-refractivity contribution in [1.29, 1.82) is 0 Å². The highest BCUT2D eigenvalue weighted by atomic mass is 79.9. The van der Waals surface area contributed by atoms with Gasteiger partial charge in [-0.2, -0.15) is 5.10 Å². The quantitative estimate of drug-likeness (QED) is 0.607. The molecule has 10 heteroatoms. The molecule has 0 spiro atoms. The first kappa shape index (κ1) is 19.4. The summed E-state index contributed by atoms with van der Waals surface area (Å²) in [6, 6.07) is 5.10. The van der Waals surface area contributed by atoms with Gasteiger partial charge in [-0.25, -0.2) is 23.4 Å². The molecule has 1 aromatic carbocycles. The Labute approximate surface area is 177 Å². The fourth-order valence-corrected chi connectivity index (χ4v) is 4.21. The van der Waals surface area contributed by atoms with Crippen LogP contribution >= 0.6 is 15.9 Å². The molecule has 0 radical (unpaired) electrons. The van der Waals surface area contributed by atoms with E-state index in [-0.39, 0.29) is 24.1 Å². The van der Waals surface area contributed by atoms with Crippen molar-refractivity contribution in [3.63, 3.8) is 0 Å². The van der Waals surface area contributed by atoms with E-state index in [1.165, 1.54) is 0 Å². The number of carbonyl (C=O) groups excluding carboxylic acids is 1. The van der Waals surface area contributed by atoms with Crippen molar-refractivity contribution in [1.82, 2.24) is 19.7 Å². The lowest BCUT2D eigenvalue weighted by Gasteiger charge is -2.12. The van der Waals surface area contributed by atoms with E-state index in [4.69, 9.17) is 5.73 Å². The Morgan fingerprint density at radius 3 is 2.67 bits per heavy atom. The van der Waals surface area contributed by atoms with E-state index >= 15 is 0 Å². The molecule has 5 rings (SSSR count). The summed E-state index contributed by atoms with van der Waals surface area (Å²) < 4.78 is 28.7. The molecule has 0 saturated heterocycles. The topological polar surface area (TPSA) is 104 Å². The number of nitrogens with two attached hydrogens (primary N) is 1. The SMILES string of the molecule is NC1(c2ncc(F)cn2)CC1C(=O)Cn1nc([C@H]2C[C@H]2F)c2cc(Br)ccc2c1=O. The fraction of sp³-hybridized carbons (Fsp3) is 0.350. The monoisotopic (exact) mass is 475 g/mol. The van der Waals surface area contributed by atoms with Crippen molar-refractivity contribution < 1.29 is 13.6 Å². The summed E-state index contributed by atoms with van der Waals surface area (Å²) in [5.41, 5.74) is 5.20. The van der Waals surface area contributed by atoms with Crippen LogP contribution in [-0.4, -0.2) is 31.7 Å². The molecule has 2 saturated carbocycles. The Kier molecular flexibility index (Phi) is 4.33. The Balaban J connectivity index is 1.47. The van der Waals surface area contributed by atoms with Gasteiger partial charge in [0.15, 0.2) is 11.6 Å². The van der Waals surface area contributed by atoms with Crippen LogP contribution < -0.4 is 11.3 Å². The second-order valence-corrected chi connectivity index (χ2v) is 8.80. The van der Waals surface area contributed by atoms with E-state index in [1.807, 2.05) is 0 Å². The van der Waals surface area contributed by atoms with E-state index in [9.17, 15) is 18.4 Å². The van der Waals surface area contributed by atoms with Gasteiger partial charge >= 0.3 is 0 Å². The maximum absolute atomic E-state index is 13.8. The molecule has 0 bridgehead atoms. The number of hydrogen-bond acceptors (Lipinski definition) is 6. The summed E-state index contributed by atoms with van der Waals surface area (Å²) in [4.78, 5) is 33.5. The van der Waals surface area contributed by atoms with Crippen LogP contribution in [0, 0.1) is 11.7 Å². The van der Waals surface area contributed by atoms with Gasteiger partial charge in [0.2, 0.25) is 0 Å². The number of fused-ring (bicyclic) bond motifs is 1. The van der Waals surface area contributed by atoms with E-state index in [1.54, 1.807) is 18.2 Å². The largest absolute Gasteiger partial charge is 0.318 e. The number of carbonyl (C=O) groups is 1. The minimum absolute atomic E-state index is 0.185. The molecule has 2 aromatic heterocycles. The third-order valence-corrected chi connectivity index (χ3v) is 6.24. The minimum atomic E-state index is -1.08. The molecule has 2 N–H and O–H groups in total. The van der Waals surface area contributed by atoms with Gasteiger partial charge in [-0.05, 0) is 31.0 Å². The maximum atomic E-state index is 13.8. The predicted molar refractivity (Wildman–Crippen MR) is 107 cm³/mol. The summed E-state index contributed by atoms with van der Waals surface area (Å²) in [6.45, 7) is -0.285. The fourth-order valence-electron chi connectivity index (χ4n) is 3.85. The molecule has 154 valence electrons. The summed E-state index contributed by atoms with van der Waals surface area (Å²) in [5.74, 6) is -1.69. The second-order valence-electron chi connectivity index (χ2n) is 7.88. The van der Waals surface area contributed by atoms with Crippen molar-refractivity contribution >= 4 is 32.5 Å². The molecule has 2 fully saturated rings. The molecule has 2 unspecified atom stereocenters. The summed E-state index contributed by atoms with van der Waals surface area (Å²) in [6.07, 6.45) is 1.64. The number of aromatic nitrogens is 4. The number of rotatable bonds is 5. The highest BCUT2D eigenvalue weighted by Crippen LogP contribution is 2.49. The van der Waals surface area contributed by atoms with Crippen LogP contribution in [0.25, 0.3) is 10.8 Å². The Morgan fingerprint density at radius 2 is 2.00 bits per heavy atom. The second kappa shape index (κ2) is 6.71. The smallest absolute Gasteiger partial charge is 0.275 e. The zero-order valence-corrected chi connectivity index (χ0v) is 17.1. The van der Waals surface area contributed by atoms with Gasteiger partial charge in [0.25, 0.3) is 5.56 Å². The maximum Gasteiger partial charge on any atom is 0.275 e. The average molecular weight is 476 g/mol. The first-order chi connectivity index (χ1) is 14.3. The first-order valence-corrected chi connectivity index (χ1v) is 10.2. The Bertz CT molecular complexity index is 1250. The Hall–Kier alpha value is -2.59. The number of hydrogen-bond donors (Lipinski definition) is 1. The van der Waals surface area contributed by atoms with Crippen LogP contribution in [0.4, 0.5) is 8.78 Å². The highest BCUT2D eigenvalue weighted by molar-refractivity contribution is 9.10. The average Bonchev–Trinajstić information content (AvgIpc) is 3.61. The molecule has 2 aliphatic carbocycles. The van der Waals surface area contributed by atoms with E-state index < -0.39 is 29.0 Å². The first-order valence-electron chi connectivity index (χ1n) is 9.42. The van der Waals surface area contributed by atoms with Gasteiger partial charge in [-0.15, -0.1) is 0 Å². The molecular weight excluding hydrogens is 460 g/mol. The van der Waals surface area contributed by atoms with Crippen LogP contribution in [0.1, 0.15) is 30.3 Å². The van der Waals surface area contributed by atoms with Crippen molar-refractivity contribution in [3.05, 3.63) is 62.8 Å².